The Labute approximate surface area is 113 Å². The second-order valence-electron chi connectivity index (χ2n) is 3.17. The minimum absolute atomic E-state index is 0.0400. The Bertz CT molecular complexity index is 502. The fourth-order valence-electron chi connectivity index (χ4n) is 0.960. The van der Waals surface area contributed by atoms with Crippen molar-refractivity contribution in [2.75, 3.05) is 6.61 Å². The van der Waals surface area contributed by atoms with Crippen molar-refractivity contribution in [3.63, 3.8) is 0 Å². The van der Waals surface area contributed by atoms with Gasteiger partial charge in [-0.15, -0.1) is 0 Å². The van der Waals surface area contributed by atoms with Crippen molar-refractivity contribution < 1.29 is 19.1 Å². The lowest BCUT2D eigenvalue weighted by Gasteiger charge is -2.07. The normalized spacial score (nSPS) is 9.72. The van der Waals surface area contributed by atoms with Gasteiger partial charge >= 0.3 is 11.9 Å². The number of esters is 2. The minimum atomic E-state index is -0.749. The summed E-state index contributed by atoms with van der Waals surface area (Å²) in [5.41, 5.74) is 0.403. The second kappa shape index (κ2) is 6.37. The van der Waals surface area contributed by atoms with E-state index in [4.69, 9.17) is 27.9 Å². The van der Waals surface area contributed by atoms with E-state index in [1.807, 2.05) is 0 Å². The van der Waals surface area contributed by atoms with E-state index in [2.05, 4.69) is 16.3 Å². The van der Waals surface area contributed by atoms with Crippen LogP contribution in [-0.2, 0) is 19.1 Å². The average molecular weight is 290 g/mol. The summed E-state index contributed by atoms with van der Waals surface area (Å²) in [6, 6.07) is 1.46. The number of pyridine rings is 1. The van der Waals surface area contributed by atoms with Crippen LogP contribution in [0.25, 0.3) is 5.76 Å². The zero-order valence-electron chi connectivity index (χ0n) is 9.41. The van der Waals surface area contributed by atoms with Crippen LogP contribution in [0, 0.1) is 0 Å². The van der Waals surface area contributed by atoms with Gasteiger partial charge in [0, 0.05) is 18.7 Å². The van der Waals surface area contributed by atoms with Crippen LogP contribution in [0.2, 0.25) is 10.2 Å². The molecule has 0 bridgehead atoms. The Morgan fingerprint density at radius 3 is 2.67 bits per heavy atom. The lowest BCUT2D eigenvalue weighted by molar-refractivity contribution is -0.153. The molecule has 0 spiro atoms. The first kappa shape index (κ1) is 14.5. The lowest BCUT2D eigenvalue weighted by atomic mass is 10.2. The third-order valence-corrected chi connectivity index (χ3v) is 2.43. The lowest BCUT2D eigenvalue weighted by Crippen LogP contribution is -2.14. The van der Waals surface area contributed by atoms with Gasteiger partial charge in [0.2, 0.25) is 0 Å². The highest BCUT2D eigenvalue weighted by Crippen LogP contribution is 2.23. The van der Waals surface area contributed by atoms with Crippen molar-refractivity contribution in [3.05, 3.63) is 34.6 Å². The summed E-state index contributed by atoms with van der Waals surface area (Å²) >= 11 is 11.4. The van der Waals surface area contributed by atoms with Crippen LogP contribution in [0.4, 0.5) is 0 Å². The van der Waals surface area contributed by atoms with Gasteiger partial charge in [-0.25, -0.2) is 9.78 Å². The van der Waals surface area contributed by atoms with Crippen molar-refractivity contribution >= 4 is 40.9 Å². The number of carbonyl (C=O) groups is 2. The number of hydrogen-bond donors (Lipinski definition) is 0. The molecular weight excluding hydrogens is 281 g/mol. The molecule has 0 saturated carbocycles. The number of halogens is 2. The van der Waals surface area contributed by atoms with Crippen molar-refractivity contribution in [2.45, 2.75) is 6.92 Å². The van der Waals surface area contributed by atoms with Gasteiger partial charge < -0.3 is 9.47 Å². The van der Waals surface area contributed by atoms with E-state index in [0.717, 1.165) is 0 Å². The van der Waals surface area contributed by atoms with E-state index in [0.29, 0.717) is 5.56 Å². The molecule has 1 aromatic heterocycles. The second-order valence-corrected chi connectivity index (χ2v) is 3.94. The molecule has 0 saturated heterocycles. The molecule has 0 amide bonds. The molecule has 0 radical (unpaired) electrons. The molecule has 1 heterocycles. The summed E-state index contributed by atoms with van der Waals surface area (Å²) < 4.78 is 9.30. The van der Waals surface area contributed by atoms with Crippen LogP contribution < -0.4 is 0 Å². The van der Waals surface area contributed by atoms with E-state index < -0.39 is 18.5 Å². The van der Waals surface area contributed by atoms with Gasteiger partial charge in [-0.1, -0.05) is 29.8 Å². The van der Waals surface area contributed by atoms with Gasteiger partial charge in [0.15, 0.2) is 6.61 Å². The zero-order valence-corrected chi connectivity index (χ0v) is 10.9. The molecule has 5 nitrogen and oxygen atoms in total. The largest absolute Gasteiger partial charge is 0.454 e. The first-order chi connectivity index (χ1) is 8.40. The van der Waals surface area contributed by atoms with Crippen LogP contribution in [0.15, 0.2) is 18.8 Å². The van der Waals surface area contributed by atoms with Gasteiger partial charge in [0.25, 0.3) is 0 Å². The summed E-state index contributed by atoms with van der Waals surface area (Å²) in [5, 5.41) is 0.353. The predicted octanol–water partition coefficient (Wildman–Crippen LogP) is 2.47. The van der Waals surface area contributed by atoms with Crippen molar-refractivity contribution in [2.24, 2.45) is 0 Å². The molecule has 18 heavy (non-hydrogen) atoms. The molecule has 96 valence electrons. The van der Waals surface area contributed by atoms with E-state index >= 15 is 0 Å². The van der Waals surface area contributed by atoms with E-state index in [1.54, 1.807) is 0 Å². The van der Waals surface area contributed by atoms with E-state index in [9.17, 15) is 9.59 Å². The summed E-state index contributed by atoms with van der Waals surface area (Å²) in [6.07, 6.45) is 1.36. The zero-order chi connectivity index (χ0) is 13.7. The Kier molecular flexibility index (Phi) is 5.12. The topological polar surface area (TPSA) is 65.5 Å². The van der Waals surface area contributed by atoms with Crippen LogP contribution in [0.1, 0.15) is 12.5 Å². The van der Waals surface area contributed by atoms with Crippen LogP contribution >= 0.6 is 23.2 Å². The fourth-order valence-corrected chi connectivity index (χ4v) is 1.23. The number of nitrogens with zero attached hydrogens (tertiary/aromatic N) is 1. The molecule has 0 aliphatic heterocycles. The molecule has 0 unspecified atom stereocenters. The van der Waals surface area contributed by atoms with Gasteiger partial charge in [0.05, 0.1) is 5.02 Å². The molecule has 0 N–H and O–H groups in total. The van der Waals surface area contributed by atoms with Gasteiger partial charge in [-0.2, -0.15) is 0 Å². The van der Waals surface area contributed by atoms with Gasteiger partial charge in [-0.3, -0.25) is 4.79 Å². The number of ether oxygens (including phenoxy) is 2. The third-order valence-electron chi connectivity index (χ3n) is 1.75. The Hall–Kier alpha value is -1.59. The maximum atomic E-state index is 11.2. The summed E-state index contributed by atoms with van der Waals surface area (Å²) in [5.74, 6) is -1.28. The number of aromatic nitrogens is 1. The first-order valence-electron chi connectivity index (χ1n) is 4.74. The highest BCUT2D eigenvalue weighted by molar-refractivity contribution is 6.41. The molecule has 1 aromatic rings. The maximum Gasteiger partial charge on any atom is 0.349 e. The monoisotopic (exact) mass is 289 g/mol. The number of carbonyl (C=O) groups excluding carboxylic acids is 2. The summed E-state index contributed by atoms with van der Waals surface area (Å²) in [6.45, 7) is 4.24. The average Bonchev–Trinajstić information content (AvgIpc) is 2.30. The van der Waals surface area contributed by atoms with Crippen molar-refractivity contribution in [3.8, 4) is 0 Å². The molecule has 0 atom stereocenters. The van der Waals surface area contributed by atoms with Gasteiger partial charge in [-0.05, 0) is 6.07 Å². The fraction of sp³-hybridized carbons (Fsp3) is 0.182. The summed E-state index contributed by atoms with van der Waals surface area (Å²) in [7, 11) is 0. The molecule has 0 aromatic carbocycles. The Morgan fingerprint density at radius 2 is 2.11 bits per heavy atom. The number of rotatable bonds is 4. The molecule has 0 fully saturated rings. The van der Waals surface area contributed by atoms with Crippen LogP contribution in [0.3, 0.4) is 0 Å². The third kappa shape index (κ3) is 4.35. The van der Waals surface area contributed by atoms with Crippen LogP contribution in [-0.4, -0.2) is 23.5 Å². The molecule has 7 heteroatoms. The standard InChI is InChI=1S/C11H9Cl2NO4/c1-6(18-10(16)5-17-7(2)15)8-3-9(12)11(13)14-4-8/h3-4H,1,5H2,2H3. The van der Waals surface area contributed by atoms with E-state index in [-0.39, 0.29) is 15.9 Å². The molecular formula is C11H9Cl2NO4. The smallest absolute Gasteiger partial charge is 0.349 e. The molecule has 1 rings (SSSR count). The highest BCUT2D eigenvalue weighted by atomic mass is 35.5. The highest BCUT2D eigenvalue weighted by Gasteiger charge is 2.11. The van der Waals surface area contributed by atoms with Gasteiger partial charge in [0.1, 0.15) is 10.9 Å². The van der Waals surface area contributed by atoms with Crippen molar-refractivity contribution in [1.29, 1.82) is 0 Å². The Balaban J connectivity index is 2.62. The SMILES string of the molecule is C=C(OC(=O)COC(C)=O)c1cnc(Cl)c(Cl)c1. The maximum absolute atomic E-state index is 11.2. The summed E-state index contributed by atoms with van der Waals surface area (Å²) in [4.78, 5) is 25.5. The minimum Gasteiger partial charge on any atom is -0.454 e. The predicted molar refractivity (Wildman–Crippen MR) is 66.0 cm³/mol. The molecule has 0 aliphatic rings. The van der Waals surface area contributed by atoms with Crippen molar-refractivity contribution in [1.82, 2.24) is 4.98 Å². The van der Waals surface area contributed by atoms with E-state index in [1.165, 1.54) is 19.2 Å². The first-order valence-corrected chi connectivity index (χ1v) is 5.50. The molecule has 0 aliphatic carbocycles. The van der Waals surface area contributed by atoms with Crippen LogP contribution in [0.5, 0.6) is 0 Å². The quantitative estimate of drug-likeness (QED) is 0.484. The Morgan fingerprint density at radius 1 is 1.44 bits per heavy atom. The number of hydrogen-bond acceptors (Lipinski definition) is 5.